The van der Waals surface area contributed by atoms with Crippen molar-refractivity contribution in [2.24, 2.45) is 5.92 Å². The minimum absolute atomic E-state index is 0.0531. The fourth-order valence-corrected chi connectivity index (χ4v) is 5.59. The Morgan fingerprint density at radius 1 is 0.914 bits per heavy atom. The van der Waals surface area contributed by atoms with Crippen LogP contribution in [0, 0.1) is 5.92 Å². The molecule has 4 rings (SSSR count). The number of benzene rings is 3. The molecular weight excluding hydrogens is 557 g/mol. The molecule has 0 aliphatic carbocycles. The Labute approximate surface area is 222 Å². The van der Waals surface area contributed by atoms with Gasteiger partial charge in [0, 0.05) is 22.0 Å². The maximum Gasteiger partial charge on any atom is 0.337 e. The summed E-state index contributed by atoms with van der Waals surface area (Å²) in [6.45, 7) is 2.10. The number of nitrogens with one attached hydrogen (secondary N) is 1. The molecule has 1 heterocycles. The van der Waals surface area contributed by atoms with E-state index in [0.29, 0.717) is 37.5 Å². The van der Waals surface area contributed by atoms with Gasteiger partial charge in [-0.05, 0) is 47.4 Å². The van der Waals surface area contributed by atoms with Crippen molar-refractivity contribution in [1.29, 1.82) is 0 Å². The normalized spacial score (nSPS) is 18.9. The predicted molar refractivity (Wildman–Crippen MR) is 141 cm³/mol. The Morgan fingerprint density at radius 2 is 1.57 bits per heavy atom. The molecule has 0 aromatic heterocycles. The lowest BCUT2D eigenvalue weighted by Crippen LogP contribution is -2.32. The SMILES string of the molecule is COc1cc(OC)c([C@@H]2c3cc(Br)cc(C(=O)O)c3N[C@H](c3ccc(Cl)c(Cl)c3)[C@H]2C)cc1OC. The number of carboxylic acid groups (broad SMARTS) is 1. The maximum absolute atomic E-state index is 12.2. The van der Waals surface area contributed by atoms with Crippen molar-refractivity contribution in [1.82, 2.24) is 0 Å². The quantitative estimate of drug-likeness (QED) is 0.316. The second kappa shape index (κ2) is 10.2. The lowest BCUT2D eigenvalue weighted by Gasteiger charge is -2.41. The van der Waals surface area contributed by atoms with Crippen LogP contribution in [0.4, 0.5) is 5.69 Å². The van der Waals surface area contributed by atoms with E-state index < -0.39 is 5.97 Å². The van der Waals surface area contributed by atoms with Gasteiger partial charge in [0.25, 0.3) is 0 Å². The van der Waals surface area contributed by atoms with Gasteiger partial charge in [-0.15, -0.1) is 0 Å². The van der Waals surface area contributed by atoms with Gasteiger partial charge in [0.15, 0.2) is 11.5 Å². The first-order valence-corrected chi connectivity index (χ1v) is 12.3. The van der Waals surface area contributed by atoms with Gasteiger partial charge < -0.3 is 24.6 Å². The average Bonchev–Trinajstić information content (AvgIpc) is 2.84. The highest BCUT2D eigenvalue weighted by Gasteiger charge is 2.39. The van der Waals surface area contributed by atoms with Gasteiger partial charge in [-0.25, -0.2) is 4.79 Å². The van der Waals surface area contributed by atoms with Crippen molar-refractivity contribution in [3.8, 4) is 17.2 Å². The van der Waals surface area contributed by atoms with Crippen molar-refractivity contribution in [2.75, 3.05) is 26.6 Å². The van der Waals surface area contributed by atoms with E-state index in [9.17, 15) is 9.90 Å². The first-order valence-electron chi connectivity index (χ1n) is 10.8. The number of ether oxygens (including phenoxy) is 3. The molecule has 3 aromatic rings. The van der Waals surface area contributed by atoms with E-state index in [0.717, 1.165) is 16.7 Å². The molecule has 6 nitrogen and oxygen atoms in total. The van der Waals surface area contributed by atoms with Crippen LogP contribution in [0.15, 0.2) is 46.9 Å². The molecule has 0 spiro atoms. The Balaban J connectivity index is 2.01. The third-order valence-corrected chi connectivity index (χ3v) is 7.62. The minimum Gasteiger partial charge on any atom is -0.496 e. The number of aromatic carboxylic acids is 1. The van der Waals surface area contributed by atoms with Crippen LogP contribution in [-0.2, 0) is 0 Å². The van der Waals surface area contributed by atoms with Gasteiger partial charge in [-0.2, -0.15) is 0 Å². The van der Waals surface area contributed by atoms with Gasteiger partial charge in [-0.3, -0.25) is 0 Å². The summed E-state index contributed by atoms with van der Waals surface area (Å²) in [5, 5.41) is 14.4. The second-order valence-electron chi connectivity index (χ2n) is 8.30. The third-order valence-electron chi connectivity index (χ3n) is 6.42. The summed E-state index contributed by atoms with van der Waals surface area (Å²) in [6.07, 6.45) is 0. The van der Waals surface area contributed by atoms with Crippen LogP contribution in [0.1, 0.15) is 45.9 Å². The van der Waals surface area contributed by atoms with Crippen LogP contribution in [-0.4, -0.2) is 32.4 Å². The standard InChI is InChI=1S/C26H24BrCl2NO5/c1-12-23(15-10-21(34-3)22(35-4)11-20(15)33-2)16-8-14(27)9-17(26(31)32)25(16)30-24(12)13-5-6-18(28)19(29)7-13/h5-12,23-24,30H,1-4H3,(H,31,32)/t12-,23+,24-/m0/s1. The van der Waals surface area contributed by atoms with Crippen molar-refractivity contribution in [3.05, 3.63) is 79.2 Å². The number of hydrogen-bond donors (Lipinski definition) is 2. The summed E-state index contributed by atoms with van der Waals surface area (Å²) in [4.78, 5) is 12.2. The Bertz CT molecular complexity index is 1300. The first kappa shape index (κ1) is 25.5. The highest BCUT2D eigenvalue weighted by Crippen LogP contribution is 2.53. The summed E-state index contributed by atoms with van der Waals surface area (Å²) in [7, 11) is 4.74. The molecule has 184 valence electrons. The molecule has 0 saturated heterocycles. The summed E-state index contributed by atoms with van der Waals surface area (Å²) >= 11 is 16.0. The third kappa shape index (κ3) is 4.65. The monoisotopic (exact) mass is 579 g/mol. The lowest BCUT2D eigenvalue weighted by molar-refractivity contribution is 0.0697. The Hall–Kier alpha value is -2.61. The number of fused-ring (bicyclic) bond motifs is 1. The number of halogens is 3. The van der Waals surface area contributed by atoms with Crippen molar-refractivity contribution < 1.29 is 24.1 Å². The second-order valence-corrected chi connectivity index (χ2v) is 10.0. The van der Waals surface area contributed by atoms with Crippen LogP contribution in [0.5, 0.6) is 17.2 Å². The minimum atomic E-state index is -1.03. The smallest absolute Gasteiger partial charge is 0.337 e. The number of hydrogen-bond acceptors (Lipinski definition) is 5. The van der Waals surface area contributed by atoms with Crippen molar-refractivity contribution in [2.45, 2.75) is 18.9 Å². The molecule has 0 bridgehead atoms. The molecule has 0 saturated carbocycles. The fraction of sp³-hybridized carbons (Fsp3) is 0.269. The van der Waals surface area contributed by atoms with Crippen LogP contribution in [0.2, 0.25) is 10.0 Å². The van der Waals surface area contributed by atoms with Crippen LogP contribution < -0.4 is 19.5 Å². The summed E-state index contributed by atoms with van der Waals surface area (Å²) in [6, 6.07) is 12.4. The van der Waals surface area contributed by atoms with Crippen LogP contribution in [0.3, 0.4) is 0 Å². The van der Waals surface area contributed by atoms with Gasteiger partial charge in [0.2, 0.25) is 0 Å². The fourth-order valence-electron chi connectivity index (χ4n) is 4.80. The number of methoxy groups -OCH3 is 3. The van der Waals surface area contributed by atoms with Crippen LogP contribution >= 0.6 is 39.1 Å². The summed E-state index contributed by atoms with van der Waals surface area (Å²) < 4.78 is 17.5. The molecule has 1 aliphatic heterocycles. The van der Waals surface area contributed by atoms with Gasteiger partial charge >= 0.3 is 5.97 Å². The van der Waals surface area contributed by atoms with Crippen molar-refractivity contribution in [3.63, 3.8) is 0 Å². The number of carboxylic acids is 1. The van der Waals surface area contributed by atoms with E-state index in [1.807, 2.05) is 24.3 Å². The molecule has 0 unspecified atom stereocenters. The number of carbonyl (C=O) groups is 1. The molecule has 2 N–H and O–H groups in total. The molecule has 0 radical (unpaired) electrons. The molecule has 3 aromatic carbocycles. The predicted octanol–water partition coefficient (Wildman–Crippen LogP) is 7.41. The van der Waals surface area contributed by atoms with E-state index in [2.05, 4.69) is 28.2 Å². The molecule has 1 aliphatic rings. The van der Waals surface area contributed by atoms with E-state index in [1.165, 1.54) is 0 Å². The van der Waals surface area contributed by atoms with Gasteiger partial charge in [0.1, 0.15) is 5.75 Å². The topological polar surface area (TPSA) is 77.0 Å². The Morgan fingerprint density at radius 3 is 2.17 bits per heavy atom. The van der Waals surface area contributed by atoms with Crippen LogP contribution in [0.25, 0.3) is 0 Å². The number of rotatable bonds is 6. The molecular formula is C26H24BrCl2NO5. The molecule has 0 amide bonds. The zero-order valence-electron chi connectivity index (χ0n) is 19.5. The zero-order chi connectivity index (χ0) is 25.4. The van der Waals surface area contributed by atoms with Gasteiger partial charge in [-0.1, -0.05) is 52.1 Å². The van der Waals surface area contributed by atoms with Crippen molar-refractivity contribution >= 4 is 50.8 Å². The molecule has 3 atom stereocenters. The van der Waals surface area contributed by atoms with E-state index in [-0.39, 0.29) is 23.4 Å². The maximum atomic E-state index is 12.2. The summed E-state index contributed by atoms with van der Waals surface area (Å²) in [5.74, 6) is 0.359. The molecule has 9 heteroatoms. The average molecular weight is 581 g/mol. The van der Waals surface area contributed by atoms with E-state index in [4.69, 9.17) is 37.4 Å². The zero-order valence-corrected chi connectivity index (χ0v) is 22.6. The largest absolute Gasteiger partial charge is 0.496 e. The molecule has 0 fully saturated rings. The Kier molecular flexibility index (Phi) is 7.40. The highest BCUT2D eigenvalue weighted by molar-refractivity contribution is 9.10. The van der Waals surface area contributed by atoms with Gasteiger partial charge in [0.05, 0.1) is 48.7 Å². The lowest BCUT2D eigenvalue weighted by atomic mass is 9.72. The number of anilines is 1. The molecule has 35 heavy (non-hydrogen) atoms. The highest BCUT2D eigenvalue weighted by atomic mass is 79.9. The summed E-state index contributed by atoms with van der Waals surface area (Å²) in [5.41, 5.74) is 3.26. The first-order chi connectivity index (χ1) is 16.7. The van der Waals surface area contributed by atoms with E-state index >= 15 is 0 Å². The van der Waals surface area contributed by atoms with E-state index in [1.54, 1.807) is 39.5 Å².